The van der Waals surface area contributed by atoms with E-state index in [0.717, 1.165) is 0 Å². The molecule has 0 spiro atoms. The monoisotopic (exact) mass is 443 g/mol. The molecule has 1 heterocycles. The maximum Gasteiger partial charge on any atom is 0.410 e. The lowest BCUT2D eigenvalue weighted by Crippen LogP contribution is -2.42. The molecule has 1 fully saturated rings. The van der Waals surface area contributed by atoms with Crippen molar-refractivity contribution in [2.24, 2.45) is 5.41 Å². The number of methoxy groups -OCH3 is 1. The van der Waals surface area contributed by atoms with Crippen LogP contribution < -0.4 is 0 Å². The summed E-state index contributed by atoms with van der Waals surface area (Å²) in [6.07, 6.45) is 1.08. The first-order chi connectivity index (χ1) is 13.5. The number of Topliss-reactive ketones (excluding diaryl/α,β-unsaturated/α-hetero) is 1. The summed E-state index contributed by atoms with van der Waals surface area (Å²) in [5.74, 6) is -0.722. The fraction of sp³-hybridized carbons (Fsp3) is 0.864. The van der Waals surface area contributed by atoms with E-state index in [1.807, 2.05) is 20.8 Å². The van der Waals surface area contributed by atoms with E-state index >= 15 is 0 Å². The van der Waals surface area contributed by atoms with E-state index in [2.05, 4.69) is 38.6 Å². The normalized spacial score (nSPS) is 20.2. The van der Waals surface area contributed by atoms with E-state index in [0.29, 0.717) is 32.4 Å². The van der Waals surface area contributed by atoms with E-state index in [4.69, 9.17) is 9.16 Å². The third kappa shape index (κ3) is 7.37. The van der Waals surface area contributed by atoms with Crippen LogP contribution in [0.2, 0.25) is 18.1 Å². The number of rotatable bonds is 8. The Morgan fingerprint density at radius 1 is 1.07 bits per heavy atom. The van der Waals surface area contributed by atoms with Crippen LogP contribution in [0.25, 0.3) is 0 Å². The molecule has 1 atom stereocenters. The van der Waals surface area contributed by atoms with Gasteiger partial charge in [0.1, 0.15) is 12.0 Å². The summed E-state index contributed by atoms with van der Waals surface area (Å²) in [4.78, 5) is 38.8. The molecule has 0 radical (unpaired) electrons. The van der Waals surface area contributed by atoms with Crippen molar-refractivity contribution >= 4 is 26.2 Å². The number of carbonyl (C=O) groups excluding carboxylic acids is 3. The lowest BCUT2D eigenvalue weighted by Gasteiger charge is -2.36. The predicted molar refractivity (Wildman–Crippen MR) is 119 cm³/mol. The highest BCUT2D eigenvalue weighted by atomic mass is 28.4. The van der Waals surface area contributed by atoms with Crippen LogP contribution in [0.4, 0.5) is 4.79 Å². The predicted octanol–water partition coefficient (Wildman–Crippen LogP) is 4.55. The summed E-state index contributed by atoms with van der Waals surface area (Å²) in [6.45, 7) is 17.7. The second kappa shape index (κ2) is 9.81. The molecule has 1 amide bonds. The van der Waals surface area contributed by atoms with E-state index in [1.54, 1.807) is 4.90 Å². The highest BCUT2D eigenvalue weighted by Crippen LogP contribution is 2.39. The Bertz CT molecular complexity index is 635. The molecule has 1 saturated heterocycles. The minimum absolute atomic E-state index is 0.117. The summed E-state index contributed by atoms with van der Waals surface area (Å²) in [5.41, 5.74) is -1.36. The number of esters is 1. The lowest BCUT2D eigenvalue weighted by molar-refractivity contribution is -0.145. The average Bonchev–Trinajstić information content (AvgIpc) is 3.02. The highest BCUT2D eigenvalue weighted by molar-refractivity contribution is 6.74. The van der Waals surface area contributed by atoms with E-state index in [-0.39, 0.29) is 23.8 Å². The molecule has 0 saturated carbocycles. The van der Waals surface area contributed by atoms with Crippen molar-refractivity contribution in [3.8, 4) is 0 Å². The van der Waals surface area contributed by atoms with Crippen molar-refractivity contribution in [3.63, 3.8) is 0 Å². The third-order valence-electron chi connectivity index (χ3n) is 6.20. The minimum atomic E-state index is -1.87. The number of hydrogen-bond donors (Lipinski definition) is 0. The maximum atomic E-state index is 13.0. The van der Waals surface area contributed by atoms with Crippen LogP contribution in [0.3, 0.4) is 0 Å². The molecular formula is C22H41NO6Si. The number of hydrogen-bond acceptors (Lipinski definition) is 6. The Hall–Kier alpha value is -1.41. The van der Waals surface area contributed by atoms with Crippen LogP contribution >= 0.6 is 0 Å². The van der Waals surface area contributed by atoms with Gasteiger partial charge in [-0.25, -0.2) is 4.79 Å². The van der Waals surface area contributed by atoms with Gasteiger partial charge in [-0.2, -0.15) is 0 Å². The fourth-order valence-electron chi connectivity index (χ4n) is 3.27. The largest absolute Gasteiger partial charge is 0.469 e. The molecule has 1 aliphatic rings. The molecule has 0 bridgehead atoms. The van der Waals surface area contributed by atoms with Crippen molar-refractivity contribution in [2.75, 3.05) is 26.8 Å². The molecule has 8 heteroatoms. The molecule has 0 N–H and O–H groups in total. The van der Waals surface area contributed by atoms with Gasteiger partial charge in [0.2, 0.25) is 0 Å². The van der Waals surface area contributed by atoms with E-state index in [1.165, 1.54) is 7.11 Å². The molecule has 174 valence electrons. The summed E-state index contributed by atoms with van der Waals surface area (Å²) in [7, 11) is -0.592. The van der Waals surface area contributed by atoms with Gasteiger partial charge in [0.05, 0.1) is 7.11 Å². The quantitative estimate of drug-likeness (QED) is 0.237. The van der Waals surface area contributed by atoms with E-state index in [9.17, 15) is 14.4 Å². The number of likely N-dealkylation sites (tertiary alicyclic amines) is 1. The Labute approximate surface area is 182 Å². The van der Waals surface area contributed by atoms with Gasteiger partial charge in [-0.1, -0.05) is 20.8 Å². The standard InChI is InChI=1S/C22H41NO6Si/c1-20(2,3)29-19(26)23-13-12-22(16-23,17(24)15-18(25)27-7)11-10-14-28-30(8,9)21(4,5)6/h10-16H2,1-9H3. The Morgan fingerprint density at radius 2 is 1.67 bits per heavy atom. The van der Waals surface area contributed by atoms with Crippen LogP contribution in [0.5, 0.6) is 0 Å². The van der Waals surface area contributed by atoms with Crippen molar-refractivity contribution in [1.29, 1.82) is 0 Å². The van der Waals surface area contributed by atoms with Gasteiger partial charge in [0.25, 0.3) is 0 Å². The third-order valence-corrected chi connectivity index (χ3v) is 10.7. The minimum Gasteiger partial charge on any atom is -0.469 e. The molecule has 30 heavy (non-hydrogen) atoms. The number of nitrogens with zero attached hydrogens (tertiary/aromatic N) is 1. The second-order valence-corrected chi connectivity index (χ2v) is 15.6. The Balaban J connectivity index is 2.85. The molecule has 1 aliphatic heterocycles. The number of ether oxygens (including phenoxy) is 2. The fourth-order valence-corrected chi connectivity index (χ4v) is 4.36. The second-order valence-electron chi connectivity index (χ2n) is 10.8. The first kappa shape index (κ1) is 26.6. The first-order valence-corrected chi connectivity index (χ1v) is 13.7. The molecule has 0 aromatic heterocycles. The van der Waals surface area contributed by atoms with Crippen LogP contribution in [0.1, 0.15) is 67.2 Å². The molecular weight excluding hydrogens is 402 g/mol. The van der Waals surface area contributed by atoms with Gasteiger partial charge < -0.3 is 18.8 Å². The van der Waals surface area contributed by atoms with Crippen molar-refractivity contribution in [1.82, 2.24) is 4.90 Å². The van der Waals surface area contributed by atoms with Gasteiger partial charge >= 0.3 is 12.1 Å². The molecule has 0 aromatic rings. The van der Waals surface area contributed by atoms with E-state index < -0.39 is 31.4 Å². The van der Waals surface area contributed by atoms with Gasteiger partial charge in [0.15, 0.2) is 14.1 Å². The van der Waals surface area contributed by atoms with Crippen LogP contribution in [0, 0.1) is 5.41 Å². The lowest BCUT2D eigenvalue weighted by atomic mass is 9.77. The summed E-state index contributed by atoms with van der Waals surface area (Å²) in [5, 5.41) is 0.117. The zero-order chi connectivity index (χ0) is 23.4. The number of carbonyl (C=O) groups is 3. The smallest absolute Gasteiger partial charge is 0.410 e. The summed E-state index contributed by atoms with van der Waals surface area (Å²) in [6, 6.07) is 0. The van der Waals surface area contributed by atoms with Crippen LogP contribution in [0.15, 0.2) is 0 Å². The topological polar surface area (TPSA) is 82.1 Å². The molecule has 1 rings (SSSR count). The van der Waals surface area contributed by atoms with Crippen LogP contribution in [-0.2, 0) is 23.5 Å². The van der Waals surface area contributed by atoms with Crippen molar-refractivity contribution in [3.05, 3.63) is 0 Å². The zero-order valence-corrected chi connectivity index (χ0v) is 21.3. The molecule has 1 unspecified atom stereocenters. The highest BCUT2D eigenvalue weighted by Gasteiger charge is 2.46. The average molecular weight is 444 g/mol. The summed E-state index contributed by atoms with van der Waals surface area (Å²) < 4.78 is 16.4. The molecule has 0 aromatic carbocycles. The van der Waals surface area contributed by atoms with Crippen molar-refractivity contribution in [2.45, 2.75) is 91.0 Å². The van der Waals surface area contributed by atoms with Gasteiger partial charge in [-0.15, -0.1) is 0 Å². The van der Waals surface area contributed by atoms with Crippen molar-refractivity contribution < 1.29 is 28.3 Å². The Kier molecular flexibility index (Phi) is 8.70. The zero-order valence-electron chi connectivity index (χ0n) is 20.3. The van der Waals surface area contributed by atoms with Gasteiger partial charge in [-0.3, -0.25) is 9.59 Å². The molecule has 0 aliphatic carbocycles. The number of ketones is 1. The molecule has 7 nitrogen and oxygen atoms in total. The maximum absolute atomic E-state index is 13.0. The van der Waals surface area contributed by atoms with Gasteiger partial charge in [0, 0.05) is 25.1 Å². The van der Waals surface area contributed by atoms with Gasteiger partial charge in [-0.05, 0) is 58.2 Å². The Morgan fingerprint density at radius 3 is 2.17 bits per heavy atom. The SMILES string of the molecule is COC(=O)CC(=O)C1(CCCO[Si](C)(C)C(C)(C)C)CCN(C(=O)OC(C)(C)C)C1. The number of amides is 1. The first-order valence-electron chi connectivity index (χ1n) is 10.7. The van der Waals surface area contributed by atoms with Crippen LogP contribution in [-0.4, -0.2) is 63.5 Å². The summed E-state index contributed by atoms with van der Waals surface area (Å²) >= 11 is 0.